The van der Waals surface area contributed by atoms with E-state index in [1.807, 2.05) is 11.8 Å². The largest absolute Gasteiger partial charge is 0.497 e. The van der Waals surface area contributed by atoms with E-state index in [1.165, 1.54) is 11.8 Å². The van der Waals surface area contributed by atoms with E-state index >= 15 is 0 Å². The monoisotopic (exact) mass is 406 g/mol. The number of aromatic nitrogens is 2. The lowest BCUT2D eigenvalue weighted by Gasteiger charge is -2.35. The highest BCUT2D eigenvalue weighted by atomic mass is 32.2. The maximum atomic E-state index is 12.7. The second-order valence-electron chi connectivity index (χ2n) is 6.49. The third kappa shape index (κ3) is 4.77. The lowest BCUT2D eigenvalue weighted by Crippen LogP contribution is -2.50. The number of methoxy groups -OCH3 is 2. The standard InChI is InChI=1S/C19H26N4O4S/c1-5-22-6-8-23(9-7-22)18(24)13(2)28-19-21-20-17(27-19)14-10-15(25-3)12-16(11-14)26-4/h10-13H,5-9H2,1-4H3/t13-/m0/s1. The normalized spacial score (nSPS) is 16.1. The summed E-state index contributed by atoms with van der Waals surface area (Å²) in [5.74, 6) is 1.73. The quantitative estimate of drug-likeness (QED) is 0.649. The third-order valence-electron chi connectivity index (χ3n) is 4.76. The molecular formula is C19H26N4O4S. The van der Waals surface area contributed by atoms with Crippen LogP contribution in [0.25, 0.3) is 11.5 Å². The molecule has 1 aromatic carbocycles. The molecule has 1 atom stereocenters. The van der Waals surface area contributed by atoms with Crippen LogP contribution < -0.4 is 9.47 Å². The summed E-state index contributed by atoms with van der Waals surface area (Å²) >= 11 is 1.28. The molecule has 9 heteroatoms. The molecular weight excluding hydrogens is 380 g/mol. The second-order valence-corrected chi connectivity index (χ2v) is 7.79. The van der Waals surface area contributed by atoms with Crippen molar-refractivity contribution in [2.45, 2.75) is 24.3 Å². The molecule has 1 fully saturated rings. The number of carbonyl (C=O) groups is 1. The van der Waals surface area contributed by atoms with Gasteiger partial charge in [-0.2, -0.15) is 0 Å². The Kier molecular flexibility index (Phi) is 6.79. The fourth-order valence-corrected chi connectivity index (χ4v) is 3.82. The zero-order valence-electron chi connectivity index (χ0n) is 16.7. The van der Waals surface area contributed by atoms with Crippen molar-refractivity contribution in [2.24, 2.45) is 0 Å². The maximum Gasteiger partial charge on any atom is 0.277 e. The van der Waals surface area contributed by atoms with Crippen molar-refractivity contribution in [3.05, 3.63) is 18.2 Å². The maximum absolute atomic E-state index is 12.7. The van der Waals surface area contributed by atoms with E-state index in [1.54, 1.807) is 32.4 Å². The molecule has 2 heterocycles. The highest BCUT2D eigenvalue weighted by Crippen LogP contribution is 2.31. The molecule has 1 amide bonds. The van der Waals surface area contributed by atoms with E-state index in [0.29, 0.717) is 28.2 Å². The lowest BCUT2D eigenvalue weighted by atomic mass is 10.2. The highest BCUT2D eigenvalue weighted by Gasteiger charge is 2.26. The Morgan fingerprint density at radius 3 is 2.36 bits per heavy atom. The van der Waals surface area contributed by atoms with Crippen LogP contribution in [0.5, 0.6) is 11.5 Å². The van der Waals surface area contributed by atoms with Gasteiger partial charge in [0.2, 0.25) is 11.8 Å². The summed E-state index contributed by atoms with van der Waals surface area (Å²) in [6.45, 7) is 8.39. The number of likely N-dealkylation sites (N-methyl/N-ethyl adjacent to an activating group) is 1. The number of benzene rings is 1. The van der Waals surface area contributed by atoms with Crippen molar-refractivity contribution in [2.75, 3.05) is 46.9 Å². The summed E-state index contributed by atoms with van der Waals surface area (Å²) < 4.78 is 16.3. The van der Waals surface area contributed by atoms with Gasteiger partial charge in [0, 0.05) is 37.8 Å². The van der Waals surface area contributed by atoms with E-state index < -0.39 is 0 Å². The van der Waals surface area contributed by atoms with Crippen LogP contribution in [0.15, 0.2) is 27.8 Å². The minimum absolute atomic E-state index is 0.101. The van der Waals surface area contributed by atoms with Crippen LogP contribution in [0.2, 0.25) is 0 Å². The second kappa shape index (κ2) is 9.29. The van der Waals surface area contributed by atoms with Gasteiger partial charge < -0.3 is 23.7 Å². The van der Waals surface area contributed by atoms with Gasteiger partial charge in [0.1, 0.15) is 11.5 Å². The molecule has 1 aliphatic heterocycles. The van der Waals surface area contributed by atoms with Crippen molar-refractivity contribution in [3.8, 4) is 23.0 Å². The Bertz CT molecular complexity index is 783. The molecule has 0 aliphatic carbocycles. The fraction of sp³-hybridized carbons (Fsp3) is 0.526. The van der Waals surface area contributed by atoms with Crippen LogP contribution in [0.4, 0.5) is 0 Å². The zero-order chi connectivity index (χ0) is 20.1. The van der Waals surface area contributed by atoms with Crippen molar-refractivity contribution in [3.63, 3.8) is 0 Å². The van der Waals surface area contributed by atoms with Gasteiger partial charge in [-0.1, -0.05) is 18.7 Å². The third-order valence-corrected chi connectivity index (χ3v) is 5.68. The van der Waals surface area contributed by atoms with Gasteiger partial charge in [-0.25, -0.2) is 0 Å². The smallest absolute Gasteiger partial charge is 0.277 e. The Morgan fingerprint density at radius 2 is 1.79 bits per heavy atom. The molecule has 2 aromatic rings. The number of ether oxygens (including phenoxy) is 2. The summed E-state index contributed by atoms with van der Waals surface area (Å²) in [7, 11) is 3.17. The van der Waals surface area contributed by atoms with E-state index in [4.69, 9.17) is 13.9 Å². The Balaban J connectivity index is 1.65. The summed E-state index contributed by atoms with van der Waals surface area (Å²) in [6.07, 6.45) is 0. The molecule has 0 N–H and O–H groups in total. The van der Waals surface area contributed by atoms with Crippen LogP contribution in [-0.4, -0.2) is 78.1 Å². The predicted octanol–water partition coefficient (Wildman–Crippen LogP) is 2.40. The lowest BCUT2D eigenvalue weighted by molar-refractivity contribution is -0.132. The van der Waals surface area contributed by atoms with Crippen molar-refractivity contribution in [1.29, 1.82) is 0 Å². The minimum atomic E-state index is -0.290. The van der Waals surface area contributed by atoms with Gasteiger partial charge in [0.05, 0.1) is 19.5 Å². The van der Waals surface area contributed by atoms with Crippen molar-refractivity contribution in [1.82, 2.24) is 20.0 Å². The van der Waals surface area contributed by atoms with Gasteiger partial charge >= 0.3 is 0 Å². The Hall–Kier alpha value is -2.26. The van der Waals surface area contributed by atoms with Gasteiger partial charge in [0.25, 0.3) is 5.22 Å². The fourth-order valence-electron chi connectivity index (χ4n) is 3.05. The molecule has 0 saturated carbocycles. The number of hydrogen-bond donors (Lipinski definition) is 0. The Labute approximate surface area is 169 Å². The molecule has 1 saturated heterocycles. The first-order valence-electron chi connectivity index (χ1n) is 9.28. The molecule has 0 bridgehead atoms. The summed E-state index contributed by atoms with van der Waals surface area (Å²) in [5, 5.41) is 8.26. The van der Waals surface area contributed by atoms with Gasteiger partial charge in [0.15, 0.2) is 0 Å². The van der Waals surface area contributed by atoms with Crippen LogP contribution in [0, 0.1) is 0 Å². The van der Waals surface area contributed by atoms with E-state index in [9.17, 15) is 4.79 Å². The number of thioether (sulfide) groups is 1. The number of nitrogens with zero attached hydrogens (tertiary/aromatic N) is 4. The topological polar surface area (TPSA) is 80.9 Å². The van der Waals surface area contributed by atoms with Gasteiger partial charge in [-0.05, 0) is 25.6 Å². The van der Waals surface area contributed by atoms with Crippen LogP contribution in [0.3, 0.4) is 0 Å². The Morgan fingerprint density at radius 1 is 1.14 bits per heavy atom. The number of piperazine rings is 1. The van der Waals surface area contributed by atoms with Crippen LogP contribution in [-0.2, 0) is 4.79 Å². The number of rotatable bonds is 7. The average Bonchev–Trinajstić information content (AvgIpc) is 3.21. The van der Waals surface area contributed by atoms with Crippen molar-refractivity contribution < 1.29 is 18.7 Å². The first-order valence-corrected chi connectivity index (χ1v) is 10.2. The first kappa shape index (κ1) is 20.5. The van der Waals surface area contributed by atoms with E-state index in [-0.39, 0.29) is 11.2 Å². The zero-order valence-corrected chi connectivity index (χ0v) is 17.5. The summed E-state index contributed by atoms with van der Waals surface area (Å²) in [6, 6.07) is 5.37. The molecule has 0 unspecified atom stereocenters. The number of carbonyl (C=O) groups excluding carboxylic acids is 1. The first-order chi connectivity index (χ1) is 13.5. The van der Waals surface area contributed by atoms with Crippen molar-refractivity contribution >= 4 is 17.7 Å². The number of amides is 1. The molecule has 1 aliphatic rings. The summed E-state index contributed by atoms with van der Waals surface area (Å²) in [4.78, 5) is 17.0. The number of hydrogen-bond acceptors (Lipinski definition) is 8. The van der Waals surface area contributed by atoms with Gasteiger partial charge in [-0.3, -0.25) is 4.79 Å². The average molecular weight is 407 g/mol. The summed E-state index contributed by atoms with van der Waals surface area (Å²) in [5.41, 5.74) is 0.699. The van der Waals surface area contributed by atoms with Crippen LogP contribution in [0.1, 0.15) is 13.8 Å². The molecule has 3 rings (SSSR count). The molecule has 8 nitrogen and oxygen atoms in total. The molecule has 152 valence electrons. The molecule has 1 aromatic heterocycles. The molecule has 28 heavy (non-hydrogen) atoms. The van der Waals surface area contributed by atoms with Crippen LogP contribution >= 0.6 is 11.8 Å². The highest BCUT2D eigenvalue weighted by molar-refractivity contribution is 8.00. The SMILES string of the molecule is CCN1CCN(C(=O)[C@H](C)Sc2nnc(-c3cc(OC)cc(OC)c3)o2)CC1. The molecule has 0 radical (unpaired) electrons. The minimum Gasteiger partial charge on any atom is -0.497 e. The predicted molar refractivity (Wildman–Crippen MR) is 107 cm³/mol. The van der Waals surface area contributed by atoms with Gasteiger partial charge in [-0.15, -0.1) is 10.2 Å². The van der Waals surface area contributed by atoms with E-state index in [2.05, 4.69) is 22.0 Å². The van der Waals surface area contributed by atoms with E-state index in [0.717, 1.165) is 32.7 Å². The molecule has 0 spiro atoms.